The van der Waals surface area contributed by atoms with Crippen LogP contribution in [0.25, 0.3) is 11.2 Å². The minimum absolute atomic E-state index is 0.00727. The number of H-pyrrole nitrogens is 1. The molecular weight excluding hydrogens is 327 g/mol. The van der Waals surface area contributed by atoms with Gasteiger partial charge >= 0.3 is 6.18 Å². The second-order valence-electron chi connectivity index (χ2n) is 4.02. The molecule has 0 aliphatic carbocycles. The number of halogens is 4. The highest BCUT2D eigenvalue weighted by molar-refractivity contribution is 9.10. The second kappa shape index (κ2) is 4.95. The molecule has 0 aromatic carbocycles. The van der Waals surface area contributed by atoms with Crippen LogP contribution in [-0.4, -0.2) is 33.5 Å². The first-order valence-electron chi connectivity index (χ1n) is 5.54. The highest BCUT2D eigenvalue weighted by Crippen LogP contribution is 2.31. The van der Waals surface area contributed by atoms with Crippen molar-refractivity contribution in [2.75, 3.05) is 18.5 Å². The summed E-state index contributed by atoms with van der Waals surface area (Å²) in [5.41, 5.74) is 0.378. The summed E-state index contributed by atoms with van der Waals surface area (Å²) in [7, 11) is 1.68. The van der Waals surface area contributed by atoms with Gasteiger partial charge in [0, 0.05) is 13.6 Å². The molecule has 0 aliphatic heterocycles. The van der Waals surface area contributed by atoms with Gasteiger partial charge in [-0.05, 0) is 22.4 Å². The van der Waals surface area contributed by atoms with E-state index in [-0.39, 0.29) is 11.5 Å². The zero-order valence-electron chi connectivity index (χ0n) is 10.2. The minimum Gasteiger partial charge on any atom is -0.358 e. The van der Waals surface area contributed by atoms with Crippen molar-refractivity contribution in [3.63, 3.8) is 0 Å². The largest absolute Gasteiger partial charge is 0.451 e. The number of anilines is 1. The third-order valence-electron chi connectivity index (χ3n) is 2.48. The van der Waals surface area contributed by atoms with Gasteiger partial charge in [-0.1, -0.05) is 6.92 Å². The van der Waals surface area contributed by atoms with Crippen LogP contribution in [0, 0.1) is 0 Å². The Balaban J connectivity index is 2.64. The molecule has 2 aromatic heterocycles. The molecule has 1 N–H and O–H groups in total. The molecular formula is C10H11BrF3N5. The highest BCUT2D eigenvalue weighted by Gasteiger charge is 2.36. The average molecular weight is 338 g/mol. The van der Waals surface area contributed by atoms with Crippen LogP contribution in [0.4, 0.5) is 19.0 Å². The molecule has 9 heteroatoms. The first-order chi connectivity index (χ1) is 8.82. The number of hydrogen-bond acceptors (Lipinski definition) is 4. The summed E-state index contributed by atoms with van der Waals surface area (Å²) in [4.78, 5) is 15.4. The predicted octanol–water partition coefficient (Wildman–Crippen LogP) is 2.98. The van der Waals surface area contributed by atoms with E-state index in [9.17, 15) is 13.2 Å². The van der Waals surface area contributed by atoms with Crippen LogP contribution in [0.15, 0.2) is 4.73 Å². The van der Waals surface area contributed by atoms with E-state index in [0.717, 1.165) is 6.42 Å². The second-order valence-corrected chi connectivity index (χ2v) is 4.77. The molecule has 0 bridgehead atoms. The van der Waals surface area contributed by atoms with Crippen LogP contribution in [0.5, 0.6) is 0 Å². The molecule has 0 atom stereocenters. The average Bonchev–Trinajstić information content (AvgIpc) is 2.66. The minimum atomic E-state index is -4.60. The van der Waals surface area contributed by atoms with E-state index >= 15 is 0 Å². The van der Waals surface area contributed by atoms with Gasteiger partial charge in [-0.15, -0.1) is 0 Å². The summed E-state index contributed by atoms with van der Waals surface area (Å²) in [5, 5.41) is 0. The van der Waals surface area contributed by atoms with Crippen molar-refractivity contribution < 1.29 is 13.2 Å². The molecule has 0 saturated heterocycles. The van der Waals surface area contributed by atoms with E-state index in [1.807, 2.05) is 6.92 Å². The third-order valence-corrected chi connectivity index (χ3v) is 2.85. The molecule has 19 heavy (non-hydrogen) atoms. The fourth-order valence-corrected chi connectivity index (χ4v) is 2.06. The number of alkyl halides is 3. The zero-order valence-corrected chi connectivity index (χ0v) is 11.8. The van der Waals surface area contributed by atoms with E-state index in [0.29, 0.717) is 16.8 Å². The first kappa shape index (κ1) is 14.0. The van der Waals surface area contributed by atoms with Gasteiger partial charge in [0.1, 0.15) is 5.52 Å². The molecule has 0 spiro atoms. The maximum atomic E-state index is 12.8. The van der Waals surface area contributed by atoms with Gasteiger partial charge in [0.25, 0.3) is 0 Å². The summed E-state index contributed by atoms with van der Waals surface area (Å²) in [6, 6.07) is 0. The smallest absolute Gasteiger partial charge is 0.358 e. The summed E-state index contributed by atoms with van der Waals surface area (Å²) in [6.07, 6.45) is -3.81. The van der Waals surface area contributed by atoms with Gasteiger partial charge < -0.3 is 9.88 Å². The van der Waals surface area contributed by atoms with Crippen molar-refractivity contribution in [1.82, 2.24) is 19.9 Å². The fourth-order valence-electron chi connectivity index (χ4n) is 1.70. The number of imidazole rings is 1. The van der Waals surface area contributed by atoms with Crippen molar-refractivity contribution in [3.8, 4) is 0 Å². The molecule has 0 fully saturated rings. The summed E-state index contributed by atoms with van der Waals surface area (Å²) in [6.45, 7) is 2.52. The van der Waals surface area contributed by atoms with Gasteiger partial charge in [-0.3, -0.25) is 0 Å². The predicted molar refractivity (Wildman–Crippen MR) is 67.9 cm³/mol. The van der Waals surface area contributed by atoms with Crippen LogP contribution in [0.1, 0.15) is 19.2 Å². The Bertz CT molecular complexity index is 595. The van der Waals surface area contributed by atoms with Crippen molar-refractivity contribution in [2.45, 2.75) is 19.5 Å². The third kappa shape index (κ3) is 2.80. The van der Waals surface area contributed by atoms with E-state index in [4.69, 9.17) is 0 Å². The molecule has 2 aromatic rings. The Hall–Kier alpha value is -1.38. The van der Waals surface area contributed by atoms with Gasteiger partial charge in [-0.25, -0.2) is 15.0 Å². The zero-order chi connectivity index (χ0) is 14.2. The maximum absolute atomic E-state index is 12.8. The van der Waals surface area contributed by atoms with Gasteiger partial charge in [0.05, 0.1) is 0 Å². The lowest BCUT2D eigenvalue weighted by molar-refractivity contribution is -0.144. The van der Waals surface area contributed by atoms with E-state index in [1.54, 1.807) is 11.9 Å². The normalized spacial score (nSPS) is 12.1. The standard InChI is InChI=1S/C10H11BrF3N5/c1-3-4-19(2)7-5-6(17-9(11)15-5)16-8(18-7)10(12,13)14/h3-4H2,1-2H3,(H,15,16,17,18). The molecule has 104 valence electrons. The van der Waals surface area contributed by atoms with Gasteiger partial charge in [0.15, 0.2) is 16.2 Å². The van der Waals surface area contributed by atoms with E-state index in [2.05, 4.69) is 35.9 Å². The molecule has 0 aliphatic rings. The lowest BCUT2D eigenvalue weighted by atomic mass is 10.4. The van der Waals surface area contributed by atoms with E-state index in [1.165, 1.54) is 0 Å². The Kier molecular flexibility index (Phi) is 3.66. The molecule has 5 nitrogen and oxygen atoms in total. The van der Waals surface area contributed by atoms with Crippen LogP contribution >= 0.6 is 15.9 Å². The number of hydrogen-bond donors (Lipinski definition) is 1. The highest BCUT2D eigenvalue weighted by atomic mass is 79.9. The SMILES string of the molecule is CCCN(C)c1nc(C(F)(F)F)nc2nc(Br)[nH]c12. The van der Waals surface area contributed by atoms with Crippen molar-refractivity contribution in [3.05, 3.63) is 10.6 Å². The van der Waals surface area contributed by atoms with E-state index < -0.39 is 12.0 Å². The number of aromatic nitrogens is 4. The Morgan fingerprint density at radius 2 is 1.95 bits per heavy atom. The topological polar surface area (TPSA) is 57.7 Å². The summed E-state index contributed by atoms with van der Waals surface area (Å²) < 4.78 is 38.6. The van der Waals surface area contributed by atoms with Crippen molar-refractivity contribution in [2.24, 2.45) is 0 Å². The number of aromatic amines is 1. The first-order valence-corrected chi connectivity index (χ1v) is 6.33. The van der Waals surface area contributed by atoms with Crippen LogP contribution < -0.4 is 4.90 Å². The Labute approximate surface area is 115 Å². The Morgan fingerprint density at radius 3 is 2.53 bits per heavy atom. The number of nitrogens with zero attached hydrogens (tertiary/aromatic N) is 4. The van der Waals surface area contributed by atoms with Gasteiger partial charge in [0.2, 0.25) is 5.82 Å². The monoisotopic (exact) mass is 337 g/mol. The van der Waals surface area contributed by atoms with Crippen molar-refractivity contribution in [1.29, 1.82) is 0 Å². The van der Waals surface area contributed by atoms with Crippen molar-refractivity contribution >= 4 is 32.9 Å². The fraction of sp³-hybridized carbons (Fsp3) is 0.500. The lowest BCUT2D eigenvalue weighted by Crippen LogP contribution is -2.22. The molecule has 0 radical (unpaired) electrons. The van der Waals surface area contributed by atoms with Crippen LogP contribution in [0.3, 0.4) is 0 Å². The van der Waals surface area contributed by atoms with Crippen LogP contribution in [-0.2, 0) is 6.18 Å². The molecule has 0 saturated carbocycles. The molecule has 2 rings (SSSR count). The lowest BCUT2D eigenvalue weighted by Gasteiger charge is -2.18. The summed E-state index contributed by atoms with van der Waals surface area (Å²) in [5.74, 6) is -0.991. The Morgan fingerprint density at radius 1 is 1.26 bits per heavy atom. The molecule has 0 unspecified atom stereocenters. The van der Waals surface area contributed by atoms with Gasteiger partial charge in [-0.2, -0.15) is 13.2 Å². The number of fused-ring (bicyclic) bond motifs is 1. The molecule has 0 amide bonds. The quantitative estimate of drug-likeness (QED) is 0.875. The van der Waals surface area contributed by atoms with Crippen LogP contribution in [0.2, 0.25) is 0 Å². The summed E-state index contributed by atoms with van der Waals surface area (Å²) >= 11 is 3.09. The number of rotatable bonds is 3. The maximum Gasteiger partial charge on any atom is 0.451 e. The number of nitrogens with one attached hydrogen (secondary N) is 1. The molecule has 2 heterocycles.